The van der Waals surface area contributed by atoms with Crippen molar-refractivity contribution in [3.8, 4) is 5.75 Å². The SMILES string of the molecule is CCOC(=O)c1cc(CC)sc1NC(=O)COc1ccc(F)c2c1C(=O)C[C@H]2C. The molecule has 1 N–H and O–H groups in total. The third-order valence-electron chi connectivity index (χ3n) is 4.66. The van der Waals surface area contributed by atoms with Gasteiger partial charge < -0.3 is 14.8 Å². The van der Waals surface area contributed by atoms with E-state index in [0.29, 0.717) is 22.5 Å². The van der Waals surface area contributed by atoms with Crippen molar-refractivity contribution in [1.82, 2.24) is 0 Å². The Bertz CT molecular complexity index is 968. The van der Waals surface area contributed by atoms with Gasteiger partial charge in [-0.05, 0) is 37.5 Å². The number of carbonyl (C=O) groups is 3. The Balaban J connectivity index is 1.73. The van der Waals surface area contributed by atoms with Crippen LogP contribution < -0.4 is 10.1 Å². The van der Waals surface area contributed by atoms with Gasteiger partial charge in [-0.1, -0.05) is 13.8 Å². The van der Waals surface area contributed by atoms with Crippen LogP contribution in [0, 0.1) is 5.82 Å². The first-order chi connectivity index (χ1) is 13.8. The molecule has 0 fully saturated rings. The van der Waals surface area contributed by atoms with Gasteiger partial charge in [0.1, 0.15) is 16.6 Å². The van der Waals surface area contributed by atoms with Gasteiger partial charge in [0.2, 0.25) is 0 Å². The number of ketones is 1. The van der Waals surface area contributed by atoms with Gasteiger partial charge >= 0.3 is 5.97 Å². The molecule has 0 aliphatic heterocycles. The molecule has 1 amide bonds. The highest BCUT2D eigenvalue weighted by molar-refractivity contribution is 7.16. The number of amides is 1. The Kier molecular flexibility index (Phi) is 6.32. The molecule has 0 spiro atoms. The zero-order chi connectivity index (χ0) is 21.1. The highest BCUT2D eigenvalue weighted by Gasteiger charge is 2.32. The van der Waals surface area contributed by atoms with E-state index in [0.717, 1.165) is 4.88 Å². The average molecular weight is 419 g/mol. The third kappa shape index (κ3) is 4.32. The Morgan fingerprint density at radius 1 is 1.31 bits per heavy atom. The van der Waals surface area contributed by atoms with Gasteiger partial charge in [-0.15, -0.1) is 11.3 Å². The summed E-state index contributed by atoms with van der Waals surface area (Å²) in [6, 6.07) is 4.31. The molecular formula is C21H22FNO5S. The maximum absolute atomic E-state index is 14.1. The first-order valence-electron chi connectivity index (χ1n) is 9.43. The molecule has 2 aromatic rings. The van der Waals surface area contributed by atoms with Crippen LogP contribution in [0.15, 0.2) is 18.2 Å². The molecule has 0 unspecified atom stereocenters. The molecule has 0 saturated carbocycles. The van der Waals surface area contributed by atoms with E-state index in [2.05, 4.69) is 5.32 Å². The zero-order valence-electron chi connectivity index (χ0n) is 16.5. The molecular weight excluding hydrogens is 397 g/mol. The molecule has 3 rings (SSSR count). The normalized spacial score (nSPS) is 15.2. The van der Waals surface area contributed by atoms with Gasteiger partial charge in [-0.2, -0.15) is 0 Å². The quantitative estimate of drug-likeness (QED) is 0.676. The van der Waals surface area contributed by atoms with E-state index >= 15 is 0 Å². The van der Waals surface area contributed by atoms with Gasteiger partial charge in [0, 0.05) is 16.9 Å². The summed E-state index contributed by atoms with van der Waals surface area (Å²) in [6.45, 7) is 5.29. The number of hydrogen-bond acceptors (Lipinski definition) is 6. The molecule has 0 bridgehead atoms. The maximum Gasteiger partial charge on any atom is 0.341 e. The van der Waals surface area contributed by atoms with Crippen LogP contribution in [0.5, 0.6) is 5.75 Å². The summed E-state index contributed by atoms with van der Waals surface area (Å²) in [7, 11) is 0. The minimum atomic E-state index is -0.504. The summed E-state index contributed by atoms with van der Waals surface area (Å²) < 4.78 is 24.6. The first kappa shape index (κ1) is 21.0. The van der Waals surface area contributed by atoms with Crippen LogP contribution in [0.25, 0.3) is 0 Å². The number of halogens is 1. The molecule has 8 heteroatoms. The van der Waals surface area contributed by atoms with E-state index in [1.165, 1.54) is 23.5 Å². The number of ether oxygens (including phenoxy) is 2. The topological polar surface area (TPSA) is 81.7 Å². The van der Waals surface area contributed by atoms with E-state index in [-0.39, 0.29) is 42.6 Å². The zero-order valence-corrected chi connectivity index (χ0v) is 17.3. The minimum Gasteiger partial charge on any atom is -0.483 e. The Hall–Kier alpha value is -2.74. The van der Waals surface area contributed by atoms with Crippen LogP contribution in [-0.4, -0.2) is 30.9 Å². The second-order valence-corrected chi connectivity index (χ2v) is 7.87. The van der Waals surface area contributed by atoms with Crippen molar-refractivity contribution in [2.24, 2.45) is 0 Å². The van der Waals surface area contributed by atoms with Crippen LogP contribution in [0.1, 0.15) is 64.3 Å². The smallest absolute Gasteiger partial charge is 0.341 e. The number of nitrogens with one attached hydrogen (secondary N) is 1. The number of thiophene rings is 1. The highest BCUT2D eigenvalue weighted by Crippen LogP contribution is 2.39. The lowest BCUT2D eigenvalue weighted by Crippen LogP contribution is -2.21. The molecule has 1 aliphatic carbocycles. The number of Topliss-reactive ketones (excluding diaryl/α,β-unsaturated/α-hetero) is 1. The summed E-state index contributed by atoms with van der Waals surface area (Å²) in [4.78, 5) is 37.6. The summed E-state index contributed by atoms with van der Waals surface area (Å²) in [5.41, 5.74) is 0.846. The van der Waals surface area contributed by atoms with E-state index in [1.54, 1.807) is 19.9 Å². The van der Waals surface area contributed by atoms with Crippen LogP contribution >= 0.6 is 11.3 Å². The molecule has 1 heterocycles. The number of anilines is 1. The fourth-order valence-corrected chi connectivity index (χ4v) is 4.32. The van der Waals surface area contributed by atoms with Gasteiger partial charge in [0.25, 0.3) is 5.91 Å². The van der Waals surface area contributed by atoms with Crippen LogP contribution in [-0.2, 0) is 16.0 Å². The fourth-order valence-electron chi connectivity index (χ4n) is 3.32. The van der Waals surface area contributed by atoms with Gasteiger partial charge in [0.05, 0.1) is 17.7 Å². The molecule has 29 heavy (non-hydrogen) atoms. The van der Waals surface area contributed by atoms with Crippen molar-refractivity contribution in [1.29, 1.82) is 0 Å². The Morgan fingerprint density at radius 2 is 2.07 bits per heavy atom. The van der Waals surface area contributed by atoms with E-state index < -0.39 is 17.7 Å². The summed E-state index contributed by atoms with van der Waals surface area (Å²) in [5.74, 6) is -1.66. The van der Waals surface area contributed by atoms with E-state index in [4.69, 9.17) is 9.47 Å². The largest absolute Gasteiger partial charge is 0.483 e. The first-order valence-corrected chi connectivity index (χ1v) is 10.2. The minimum absolute atomic E-state index is 0.192. The van der Waals surface area contributed by atoms with Gasteiger partial charge in [-0.25, -0.2) is 9.18 Å². The van der Waals surface area contributed by atoms with Gasteiger partial charge in [0.15, 0.2) is 12.4 Å². The van der Waals surface area contributed by atoms with E-state index in [1.807, 2.05) is 6.92 Å². The maximum atomic E-state index is 14.1. The third-order valence-corrected chi connectivity index (χ3v) is 5.85. The van der Waals surface area contributed by atoms with Crippen molar-refractivity contribution in [2.45, 2.75) is 39.5 Å². The number of fused-ring (bicyclic) bond motifs is 1. The molecule has 0 radical (unpaired) electrons. The molecule has 1 aliphatic rings. The van der Waals surface area contributed by atoms with Gasteiger partial charge in [-0.3, -0.25) is 9.59 Å². The number of aryl methyl sites for hydroxylation is 1. The lowest BCUT2D eigenvalue weighted by Gasteiger charge is -2.12. The van der Waals surface area contributed by atoms with Crippen molar-refractivity contribution in [3.63, 3.8) is 0 Å². The predicted octanol–water partition coefficient (Wildman–Crippen LogP) is 4.33. The highest BCUT2D eigenvalue weighted by atomic mass is 32.1. The molecule has 6 nitrogen and oxygen atoms in total. The van der Waals surface area contributed by atoms with Crippen molar-refractivity contribution >= 4 is 34.0 Å². The summed E-state index contributed by atoms with van der Waals surface area (Å²) in [6.07, 6.45) is 0.933. The number of hydrogen-bond donors (Lipinski definition) is 1. The second-order valence-electron chi connectivity index (χ2n) is 6.73. The monoisotopic (exact) mass is 419 g/mol. The fraction of sp³-hybridized carbons (Fsp3) is 0.381. The Labute approximate surface area is 172 Å². The second kappa shape index (κ2) is 8.73. The molecule has 0 saturated heterocycles. The number of benzene rings is 1. The van der Waals surface area contributed by atoms with Crippen LogP contribution in [0.4, 0.5) is 9.39 Å². The summed E-state index contributed by atoms with van der Waals surface area (Å²) >= 11 is 1.29. The van der Waals surface area contributed by atoms with Crippen molar-refractivity contribution in [3.05, 3.63) is 45.6 Å². The Morgan fingerprint density at radius 3 is 2.76 bits per heavy atom. The van der Waals surface area contributed by atoms with Crippen LogP contribution in [0.3, 0.4) is 0 Å². The lowest BCUT2D eigenvalue weighted by atomic mass is 10.0. The molecule has 1 atom stereocenters. The summed E-state index contributed by atoms with van der Waals surface area (Å²) in [5, 5.41) is 3.06. The molecule has 154 valence electrons. The van der Waals surface area contributed by atoms with Crippen molar-refractivity contribution in [2.75, 3.05) is 18.5 Å². The predicted molar refractivity (Wildman–Crippen MR) is 108 cm³/mol. The van der Waals surface area contributed by atoms with Crippen molar-refractivity contribution < 1.29 is 28.2 Å². The standard InChI is InChI=1S/C21H22FNO5S/c1-4-12-9-13(21(26)27-5-2)20(29-12)23-17(25)10-28-16-7-6-14(22)18-11(3)8-15(24)19(16)18/h6-7,9,11H,4-5,8,10H2,1-3H3,(H,23,25)/t11-/m1/s1. The van der Waals surface area contributed by atoms with Crippen LogP contribution in [0.2, 0.25) is 0 Å². The molecule has 1 aromatic heterocycles. The van der Waals surface area contributed by atoms with E-state index in [9.17, 15) is 18.8 Å². The average Bonchev–Trinajstić information content (AvgIpc) is 3.22. The number of esters is 1. The number of rotatable bonds is 7. The lowest BCUT2D eigenvalue weighted by molar-refractivity contribution is -0.118. The molecule has 1 aromatic carbocycles. The number of carbonyl (C=O) groups excluding carboxylic acids is 3.